The number of piperidine rings is 1. The summed E-state index contributed by atoms with van der Waals surface area (Å²) < 4.78 is 39.1. The fourth-order valence-corrected chi connectivity index (χ4v) is 4.50. The van der Waals surface area contributed by atoms with E-state index in [1.54, 1.807) is 23.5 Å². The molecule has 2 heterocycles. The Balaban J connectivity index is 1.36. The first kappa shape index (κ1) is 17.3. The van der Waals surface area contributed by atoms with Crippen molar-refractivity contribution in [3.05, 3.63) is 59.7 Å². The quantitative estimate of drug-likeness (QED) is 0.576. The summed E-state index contributed by atoms with van der Waals surface area (Å²) >= 11 is 1.72. The average molecular weight is 376 g/mol. The van der Waals surface area contributed by atoms with Crippen molar-refractivity contribution in [2.45, 2.75) is 25.4 Å². The minimum atomic E-state index is -4.26. The van der Waals surface area contributed by atoms with Crippen molar-refractivity contribution in [3.63, 3.8) is 0 Å². The molecule has 1 fully saturated rings. The molecule has 0 spiro atoms. The largest absolute Gasteiger partial charge is 0.416 e. The van der Waals surface area contributed by atoms with E-state index in [4.69, 9.17) is 4.98 Å². The Morgan fingerprint density at radius 2 is 1.69 bits per heavy atom. The van der Waals surface area contributed by atoms with Crippen LogP contribution < -0.4 is 4.90 Å². The van der Waals surface area contributed by atoms with Crippen LogP contribution in [-0.2, 0) is 12.6 Å². The van der Waals surface area contributed by atoms with E-state index in [9.17, 15) is 13.2 Å². The van der Waals surface area contributed by atoms with E-state index in [0.29, 0.717) is 5.92 Å². The summed E-state index contributed by atoms with van der Waals surface area (Å²) in [6.45, 7) is 1.90. The maximum absolute atomic E-state index is 12.6. The summed E-state index contributed by atoms with van der Waals surface area (Å²) in [4.78, 5) is 7.04. The van der Waals surface area contributed by atoms with Crippen LogP contribution in [0.2, 0.25) is 0 Å². The van der Waals surface area contributed by atoms with Crippen LogP contribution in [0, 0.1) is 5.92 Å². The fraction of sp³-hybridized carbons (Fsp3) is 0.350. The zero-order chi connectivity index (χ0) is 18.1. The molecule has 1 aromatic heterocycles. The Morgan fingerprint density at radius 1 is 1.00 bits per heavy atom. The Bertz CT molecular complexity index is 845. The molecule has 1 saturated heterocycles. The van der Waals surface area contributed by atoms with Gasteiger partial charge in [-0.15, -0.1) is 0 Å². The summed E-state index contributed by atoms with van der Waals surface area (Å²) in [7, 11) is 0. The van der Waals surface area contributed by atoms with Gasteiger partial charge in [-0.25, -0.2) is 4.98 Å². The summed E-state index contributed by atoms with van der Waals surface area (Å²) in [6, 6.07) is 13.8. The van der Waals surface area contributed by atoms with Crippen LogP contribution in [0.4, 0.5) is 18.3 Å². The molecule has 136 valence electrons. The second kappa shape index (κ2) is 6.91. The third-order valence-corrected chi connectivity index (χ3v) is 6.07. The second-order valence-electron chi connectivity index (χ2n) is 6.79. The minimum Gasteiger partial charge on any atom is -0.348 e. The molecular formula is C20H19F3N2S. The van der Waals surface area contributed by atoms with Gasteiger partial charge in [-0.3, -0.25) is 0 Å². The highest BCUT2D eigenvalue weighted by molar-refractivity contribution is 7.22. The molecule has 6 heteroatoms. The second-order valence-corrected chi connectivity index (χ2v) is 7.80. The van der Waals surface area contributed by atoms with E-state index < -0.39 is 11.7 Å². The van der Waals surface area contributed by atoms with Gasteiger partial charge in [-0.05, 0) is 55.0 Å². The number of alkyl halides is 3. The highest BCUT2D eigenvalue weighted by Gasteiger charge is 2.30. The number of hydrogen-bond acceptors (Lipinski definition) is 3. The maximum Gasteiger partial charge on any atom is 0.416 e. The molecule has 0 atom stereocenters. The predicted octanol–water partition coefficient (Wildman–Crippen LogP) is 5.77. The number of fused-ring (bicyclic) bond motifs is 1. The third kappa shape index (κ3) is 3.70. The van der Waals surface area contributed by atoms with Gasteiger partial charge in [0.05, 0.1) is 15.8 Å². The number of nitrogens with zero attached hydrogens (tertiary/aromatic N) is 2. The standard InChI is InChI=1S/C20H19F3N2S/c21-20(22,23)16-7-5-14(6-8-16)13-15-9-11-25(12-10-15)19-24-17-3-1-2-4-18(17)26-19/h1-8,15H,9-13H2. The van der Waals surface area contributed by atoms with Gasteiger partial charge < -0.3 is 4.90 Å². The summed E-state index contributed by atoms with van der Waals surface area (Å²) in [5.41, 5.74) is 1.45. The van der Waals surface area contributed by atoms with Gasteiger partial charge in [0.25, 0.3) is 0 Å². The molecule has 1 aliphatic heterocycles. The molecule has 2 aromatic carbocycles. The molecule has 1 aliphatic rings. The summed E-state index contributed by atoms with van der Waals surface area (Å²) in [5, 5.41) is 1.07. The lowest BCUT2D eigenvalue weighted by atomic mass is 9.90. The van der Waals surface area contributed by atoms with E-state index in [0.717, 1.165) is 48.6 Å². The topological polar surface area (TPSA) is 16.1 Å². The van der Waals surface area contributed by atoms with Crippen molar-refractivity contribution in [3.8, 4) is 0 Å². The van der Waals surface area contributed by atoms with E-state index in [1.807, 2.05) is 18.2 Å². The Labute approximate surface area is 154 Å². The lowest BCUT2D eigenvalue weighted by molar-refractivity contribution is -0.137. The zero-order valence-corrected chi connectivity index (χ0v) is 15.0. The van der Waals surface area contributed by atoms with Crippen LogP contribution >= 0.6 is 11.3 Å². The molecule has 4 rings (SSSR count). The molecule has 0 amide bonds. The number of anilines is 1. The summed E-state index contributed by atoms with van der Waals surface area (Å²) in [5.74, 6) is 0.511. The maximum atomic E-state index is 12.6. The van der Waals surface area contributed by atoms with Gasteiger partial charge >= 0.3 is 6.18 Å². The smallest absolute Gasteiger partial charge is 0.348 e. The van der Waals surface area contributed by atoms with E-state index in [2.05, 4.69) is 11.0 Å². The summed E-state index contributed by atoms with van der Waals surface area (Å²) in [6.07, 6.45) is -1.35. The van der Waals surface area contributed by atoms with Crippen LogP contribution in [0.5, 0.6) is 0 Å². The van der Waals surface area contributed by atoms with Crippen LogP contribution in [0.15, 0.2) is 48.5 Å². The van der Waals surface area contributed by atoms with Crippen LogP contribution in [0.1, 0.15) is 24.0 Å². The lowest BCUT2D eigenvalue weighted by Crippen LogP contribution is -2.34. The highest BCUT2D eigenvalue weighted by Crippen LogP contribution is 2.33. The molecule has 2 nitrogen and oxygen atoms in total. The van der Waals surface area contributed by atoms with E-state index in [-0.39, 0.29) is 0 Å². The lowest BCUT2D eigenvalue weighted by Gasteiger charge is -2.31. The Hall–Kier alpha value is -2.08. The number of aromatic nitrogens is 1. The van der Waals surface area contributed by atoms with E-state index >= 15 is 0 Å². The van der Waals surface area contributed by atoms with Crippen molar-refractivity contribution in [1.82, 2.24) is 4.98 Å². The number of thiazole rings is 1. The van der Waals surface area contributed by atoms with Crippen molar-refractivity contribution < 1.29 is 13.2 Å². The minimum absolute atomic E-state index is 0.511. The normalized spacial score (nSPS) is 16.3. The fourth-order valence-electron chi connectivity index (χ4n) is 3.49. The zero-order valence-electron chi connectivity index (χ0n) is 14.2. The van der Waals surface area contributed by atoms with Gasteiger partial charge in [0.2, 0.25) is 0 Å². The molecule has 0 N–H and O–H groups in total. The third-order valence-electron chi connectivity index (χ3n) is 4.97. The molecule has 26 heavy (non-hydrogen) atoms. The molecule has 0 bridgehead atoms. The first-order valence-electron chi connectivity index (χ1n) is 8.76. The molecule has 3 aromatic rings. The van der Waals surface area contributed by atoms with Crippen molar-refractivity contribution >= 4 is 26.7 Å². The van der Waals surface area contributed by atoms with Gasteiger partial charge in [-0.2, -0.15) is 13.2 Å². The number of para-hydroxylation sites is 1. The van der Waals surface area contributed by atoms with Crippen molar-refractivity contribution in [2.24, 2.45) is 5.92 Å². The SMILES string of the molecule is FC(F)(F)c1ccc(CC2CCN(c3nc4ccccc4s3)CC2)cc1. The number of rotatable bonds is 3. The van der Waals surface area contributed by atoms with Crippen molar-refractivity contribution in [1.29, 1.82) is 0 Å². The first-order valence-corrected chi connectivity index (χ1v) is 9.57. The van der Waals surface area contributed by atoms with Crippen LogP contribution in [-0.4, -0.2) is 18.1 Å². The molecular weight excluding hydrogens is 357 g/mol. The number of benzene rings is 2. The molecule has 0 unspecified atom stereocenters. The van der Waals surface area contributed by atoms with Crippen LogP contribution in [0.3, 0.4) is 0 Å². The Morgan fingerprint density at radius 3 is 2.35 bits per heavy atom. The van der Waals surface area contributed by atoms with Gasteiger partial charge in [0.15, 0.2) is 5.13 Å². The monoisotopic (exact) mass is 376 g/mol. The Kier molecular flexibility index (Phi) is 4.61. The van der Waals surface area contributed by atoms with E-state index in [1.165, 1.54) is 16.8 Å². The van der Waals surface area contributed by atoms with Crippen molar-refractivity contribution in [2.75, 3.05) is 18.0 Å². The molecule has 0 aliphatic carbocycles. The number of hydrogen-bond donors (Lipinski definition) is 0. The van der Waals surface area contributed by atoms with Gasteiger partial charge in [0.1, 0.15) is 0 Å². The predicted molar refractivity (Wildman–Crippen MR) is 99.7 cm³/mol. The first-order chi connectivity index (χ1) is 12.5. The highest BCUT2D eigenvalue weighted by atomic mass is 32.1. The van der Waals surface area contributed by atoms with Gasteiger partial charge in [-0.1, -0.05) is 35.6 Å². The van der Waals surface area contributed by atoms with Crippen LogP contribution in [0.25, 0.3) is 10.2 Å². The molecule has 0 radical (unpaired) electrons. The van der Waals surface area contributed by atoms with Gasteiger partial charge in [0, 0.05) is 13.1 Å². The number of halogens is 3. The average Bonchev–Trinajstić information content (AvgIpc) is 3.06. The molecule has 0 saturated carbocycles.